The van der Waals surface area contributed by atoms with Gasteiger partial charge in [0.2, 0.25) is 5.91 Å². The molecular weight excluding hydrogens is 506 g/mol. The van der Waals surface area contributed by atoms with Crippen LogP contribution in [0.1, 0.15) is 44.6 Å². The number of nitrogens with zero attached hydrogens (tertiary/aromatic N) is 1. The van der Waals surface area contributed by atoms with Crippen LogP contribution >= 0.6 is 46.4 Å². The first-order chi connectivity index (χ1) is 15.8. The van der Waals surface area contributed by atoms with Crippen LogP contribution in [0.5, 0.6) is 5.75 Å². The summed E-state index contributed by atoms with van der Waals surface area (Å²) in [6.07, 6.45) is 5.25. The Morgan fingerprint density at radius 1 is 1.03 bits per heavy atom. The molecule has 0 aromatic heterocycles. The average molecular weight is 532 g/mol. The molecule has 1 saturated carbocycles. The monoisotopic (exact) mass is 530 g/mol. The van der Waals surface area contributed by atoms with E-state index in [0.717, 1.165) is 25.7 Å². The number of hydrogen-bond donors (Lipinski definition) is 1. The number of ether oxygens (including phenoxy) is 1. The van der Waals surface area contributed by atoms with Gasteiger partial charge in [-0.05, 0) is 50.1 Å². The summed E-state index contributed by atoms with van der Waals surface area (Å²) in [6.45, 7) is 1.44. The quantitative estimate of drug-likeness (QED) is 0.420. The molecule has 178 valence electrons. The van der Waals surface area contributed by atoms with E-state index in [9.17, 15) is 9.59 Å². The molecule has 2 amide bonds. The summed E-state index contributed by atoms with van der Waals surface area (Å²) >= 11 is 24.8. The standard InChI is InChI=1S/C24H26Cl4N2O3/c1-15(24(32)29-17-6-3-2-4-7-17)30(13-18-19(26)8-5-9-20(18)27)23(31)14-33-22-11-10-16(25)12-21(22)28/h5,8-12,15,17H,2-4,6-7,13-14H2,1H3,(H,29,32)/t15-/m1/s1. The van der Waals surface area contributed by atoms with E-state index >= 15 is 0 Å². The molecule has 3 rings (SSSR count). The number of hydrogen-bond acceptors (Lipinski definition) is 3. The first kappa shape index (κ1) is 26.0. The second kappa shape index (κ2) is 12.2. The fraction of sp³-hybridized carbons (Fsp3) is 0.417. The van der Waals surface area contributed by atoms with E-state index in [2.05, 4.69) is 5.32 Å². The lowest BCUT2D eigenvalue weighted by molar-refractivity contribution is -0.142. The summed E-state index contributed by atoms with van der Waals surface area (Å²) in [5.41, 5.74) is 0.566. The van der Waals surface area contributed by atoms with Crippen LogP contribution in [0, 0.1) is 0 Å². The number of nitrogens with one attached hydrogen (secondary N) is 1. The maximum Gasteiger partial charge on any atom is 0.261 e. The van der Waals surface area contributed by atoms with Crippen LogP contribution in [-0.2, 0) is 16.1 Å². The largest absolute Gasteiger partial charge is 0.482 e. The predicted molar refractivity (Wildman–Crippen MR) is 133 cm³/mol. The highest BCUT2D eigenvalue weighted by atomic mass is 35.5. The van der Waals surface area contributed by atoms with E-state index in [1.54, 1.807) is 37.3 Å². The Bertz CT molecular complexity index is 975. The molecular formula is C24H26Cl4N2O3. The van der Waals surface area contributed by atoms with Crippen LogP contribution in [0.2, 0.25) is 20.1 Å². The number of halogens is 4. The number of amides is 2. The van der Waals surface area contributed by atoms with Crippen LogP contribution in [0.15, 0.2) is 36.4 Å². The SMILES string of the molecule is C[C@H](C(=O)NC1CCCCC1)N(Cc1c(Cl)cccc1Cl)C(=O)COc1ccc(Cl)cc1Cl. The van der Waals surface area contributed by atoms with E-state index in [-0.39, 0.29) is 25.1 Å². The van der Waals surface area contributed by atoms with Crippen molar-refractivity contribution < 1.29 is 14.3 Å². The van der Waals surface area contributed by atoms with E-state index in [0.29, 0.717) is 31.4 Å². The highest BCUT2D eigenvalue weighted by Gasteiger charge is 2.29. The van der Waals surface area contributed by atoms with E-state index in [4.69, 9.17) is 51.1 Å². The third kappa shape index (κ3) is 7.16. The van der Waals surface area contributed by atoms with Crippen molar-refractivity contribution in [1.29, 1.82) is 0 Å². The first-order valence-electron chi connectivity index (χ1n) is 10.9. The van der Waals surface area contributed by atoms with Gasteiger partial charge < -0.3 is 15.0 Å². The van der Waals surface area contributed by atoms with Crippen LogP contribution < -0.4 is 10.1 Å². The predicted octanol–water partition coefficient (Wildman–Crippen LogP) is 6.55. The molecule has 1 atom stereocenters. The van der Waals surface area contributed by atoms with Gasteiger partial charge in [0.25, 0.3) is 5.91 Å². The summed E-state index contributed by atoms with van der Waals surface area (Å²) in [5, 5.41) is 4.67. The maximum absolute atomic E-state index is 13.2. The minimum absolute atomic E-state index is 0.0638. The Morgan fingerprint density at radius 3 is 2.33 bits per heavy atom. The molecule has 0 bridgehead atoms. The number of benzene rings is 2. The third-order valence-electron chi connectivity index (χ3n) is 5.75. The topological polar surface area (TPSA) is 58.6 Å². The highest BCUT2D eigenvalue weighted by Crippen LogP contribution is 2.29. The van der Waals surface area contributed by atoms with Crippen LogP contribution in [0.3, 0.4) is 0 Å². The molecule has 2 aromatic rings. The van der Waals surface area contributed by atoms with Crippen molar-refractivity contribution in [3.05, 3.63) is 62.1 Å². The molecule has 1 aliphatic rings. The summed E-state index contributed by atoms with van der Waals surface area (Å²) in [4.78, 5) is 27.7. The van der Waals surface area contributed by atoms with Gasteiger partial charge in [0.15, 0.2) is 6.61 Å². The van der Waals surface area contributed by atoms with Crippen molar-refractivity contribution in [3.63, 3.8) is 0 Å². The minimum Gasteiger partial charge on any atom is -0.482 e. The Kier molecular flexibility index (Phi) is 9.57. The number of carbonyl (C=O) groups is 2. The second-order valence-corrected chi connectivity index (χ2v) is 9.76. The Morgan fingerprint density at radius 2 is 1.70 bits per heavy atom. The molecule has 1 fully saturated rings. The van der Waals surface area contributed by atoms with Gasteiger partial charge >= 0.3 is 0 Å². The van der Waals surface area contributed by atoms with Crippen molar-refractivity contribution >= 4 is 58.2 Å². The van der Waals surface area contributed by atoms with Crippen molar-refractivity contribution in [2.75, 3.05) is 6.61 Å². The van der Waals surface area contributed by atoms with Crippen LogP contribution in [0.25, 0.3) is 0 Å². The van der Waals surface area contributed by atoms with Gasteiger partial charge in [-0.3, -0.25) is 9.59 Å². The average Bonchev–Trinajstić information content (AvgIpc) is 2.78. The van der Waals surface area contributed by atoms with Crippen LogP contribution in [0.4, 0.5) is 0 Å². The molecule has 0 aliphatic heterocycles. The van der Waals surface area contributed by atoms with Gasteiger partial charge in [-0.2, -0.15) is 0 Å². The van der Waals surface area contributed by atoms with Gasteiger partial charge in [0.05, 0.1) is 5.02 Å². The smallest absolute Gasteiger partial charge is 0.261 e. The molecule has 0 saturated heterocycles. The lowest BCUT2D eigenvalue weighted by Gasteiger charge is -2.31. The molecule has 2 aromatic carbocycles. The van der Waals surface area contributed by atoms with Crippen molar-refractivity contribution in [1.82, 2.24) is 10.2 Å². The molecule has 0 radical (unpaired) electrons. The van der Waals surface area contributed by atoms with Gasteiger partial charge in [-0.1, -0.05) is 71.7 Å². The molecule has 0 heterocycles. The maximum atomic E-state index is 13.2. The molecule has 5 nitrogen and oxygen atoms in total. The van der Waals surface area contributed by atoms with Gasteiger partial charge in [-0.25, -0.2) is 0 Å². The molecule has 9 heteroatoms. The second-order valence-electron chi connectivity index (χ2n) is 8.10. The fourth-order valence-electron chi connectivity index (χ4n) is 3.82. The van der Waals surface area contributed by atoms with Gasteiger partial charge in [0, 0.05) is 33.2 Å². The molecule has 1 N–H and O–H groups in total. The minimum atomic E-state index is -0.754. The third-order valence-corrected chi connectivity index (χ3v) is 6.99. The Labute approximate surface area is 214 Å². The van der Waals surface area contributed by atoms with Gasteiger partial charge in [-0.15, -0.1) is 0 Å². The molecule has 33 heavy (non-hydrogen) atoms. The molecule has 0 spiro atoms. The van der Waals surface area contributed by atoms with Crippen molar-refractivity contribution in [2.45, 2.75) is 57.7 Å². The Hall–Kier alpha value is -1.66. The lowest BCUT2D eigenvalue weighted by atomic mass is 9.95. The summed E-state index contributed by atoms with van der Waals surface area (Å²) < 4.78 is 5.63. The Balaban J connectivity index is 1.77. The number of carbonyl (C=O) groups excluding carboxylic acids is 2. The van der Waals surface area contributed by atoms with E-state index < -0.39 is 11.9 Å². The van der Waals surface area contributed by atoms with Crippen molar-refractivity contribution in [3.8, 4) is 5.75 Å². The van der Waals surface area contributed by atoms with Gasteiger partial charge in [0.1, 0.15) is 11.8 Å². The summed E-state index contributed by atoms with van der Waals surface area (Å²) in [6, 6.07) is 9.23. The van der Waals surface area contributed by atoms with E-state index in [1.807, 2.05) is 0 Å². The zero-order chi connectivity index (χ0) is 24.0. The molecule has 1 aliphatic carbocycles. The lowest BCUT2D eigenvalue weighted by Crippen LogP contribution is -2.51. The van der Waals surface area contributed by atoms with Crippen molar-refractivity contribution in [2.24, 2.45) is 0 Å². The summed E-state index contributed by atoms with van der Waals surface area (Å²) in [7, 11) is 0. The molecule has 0 unspecified atom stereocenters. The summed E-state index contributed by atoms with van der Waals surface area (Å²) in [5.74, 6) is -0.296. The van der Waals surface area contributed by atoms with Crippen LogP contribution in [-0.4, -0.2) is 35.4 Å². The number of rotatable bonds is 8. The fourth-order valence-corrected chi connectivity index (χ4v) is 4.80. The van der Waals surface area contributed by atoms with E-state index in [1.165, 1.54) is 17.4 Å². The first-order valence-corrected chi connectivity index (χ1v) is 12.4. The zero-order valence-electron chi connectivity index (χ0n) is 18.3. The zero-order valence-corrected chi connectivity index (χ0v) is 21.3. The highest BCUT2D eigenvalue weighted by molar-refractivity contribution is 6.36. The normalized spacial score (nSPS) is 15.1.